The zero-order valence-electron chi connectivity index (χ0n) is 13.7. The fourth-order valence-corrected chi connectivity index (χ4v) is 2.82. The number of rotatable bonds is 3. The van der Waals surface area contributed by atoms with Crippen LogP contribution < -0.4 is 10.2 Å². The number of anilines is 2. The van der Waals surface area contributed by atoms with E-state index in [0.29, 0.717) is 5.69 Å². The van der Waals surface area contributed by atoms with Crippen LogP contribution >= 0.6 is 0 Å². The summed E-state index contributed by atoms with van der Waals surface area (Å²) >= 11 is 0. The summed E-state index contributed by atoms with van der Waals surface area (Å²) < 4.78 is 0. The quantitative estimate of drug-likeness (QED) is 0.944. The normalized spacial score (nSPS) is 14.6. The standard InChI is InChI=1S/C18H22N4O/c1-13-6-7-14(2)15(10-13)21-18(23)16-11-17(20-12-19-16)22-8-4-3-5-9-22/h6-7,10-12H,3-5,8-9H2,1-2H3,(H,21,23). The zero-order valence-corrected chi connectivity index (χ0v) is 13.7. The molecule has 0 bridgehead atoms. The first kappa shape index (κ1) is 15.5. The lowest BCUT2D eigenvalue weighted by Gasteiger charge is -2.27. The van der Waals surface area contributed by atoms with Gasteiger partial charge in [-0.05, 0) is 50.3 Å². The van der Waals surface area contributed by atoms with E-state index in [1.54, 1.807) is 6.07 Å². The largest absolute Gasteiger partial charge is 0.357 e. The number of benzene rings is 1. The molecule has 2 heterocycles. The Morgan fingerprint density at radius 1 is 1.09 bits per heavy atom. The Bertz CT molecular complexity index is 708. The summed E-state index contributed by atoms with van der Waals surface area (Å²) in [4.78, 5) is 23.2. The van der Waals surface area contributed by atoms with Crippen molar-refractivity contribution in [2.75, 3.05) is 23.3 Å². The number of nitrogens with one attached hydrogen (secondary N) is 1. The lowest BCUT2D eigenvalue weighted by molar-refractivity contribution is 0.102. The number of amides is 1. The zero-order chi connectivity index (χ0) is 16.2. The average Bonchev–Trinajstić information content (AvgIpc) is 2.59. The molecule has 1 amide bonds. The van der Waals surface area contributed by atoms with E-state index in [4.69, 9.17) is 0 Å². The molecule has 2 aromatic rings. The molecule has 1 N–H and O–H groups in total. The minimum atomic E-state index is -0.195. The minimum absolute atomic E-state index is 0.195. The van der Waals surface area contributed by atoms with Crippen LogP contribution in [0.1, 0.15) is 40.9 Å². The molecule has 0 atom stereocenters. The van der Waals surface area contributed by atoms with Gasteiger partial charge in [-0.3, -0.25) is 4.79 Å². The van der Waals surface area contributed by atoms with Crippen molar-refractivity contribution in [1.29, 1.82) is 0 Å². The summed E-state index contributed by atoms with van der Waals surface area (Å²) in [6.45, 7) is 5.98. The molecule has 1 aromatic carbocycles. The van der Waals surface area contributed by atoms with Gasteiger partial charge in [-0.25, -0.2) is 9.97 Å². The first-order valence-electron chi connectivity index (χ1n) is 8.09. The van der Waals surface area contributed by atoms with Crippen LogP contribution in [0.2, 0.25) is 0 Å². The van der Waals surface area contributed by atoms with Crippen LogP contribution in [-0.4, -0.2) is 29.0 Å². The molecule has 23 heavy (non-hydrogen) atoms. The lowest BCUT2D eigenvalue weighted by Crippen LogP contribution is -2.30. The molecule has 1 aliphatic rings. The third-order valence-electron chi connectivity index (χ3n) is 4.21. The van der Waals surface area contributed by atoms with Crippen molar-refractivity contribution in [3.8, 4) is 0 Å². The van der Waals surface area contributed by atoms with E-state index in [0.717, 1.165) is 35.7 Å². The molecule has 1 aromatic heterocycles. The van der Waals surface area contributed by atoms with Gasteiger partial charge in [-0.1, -0.05) is 12.1 Å². The minimum Gasteiger partial charge on any atom is -0.357 e. The van der Waals surface area contributed by atoms with Crippen LogP contribution in [-0.2, 0) is 0 Å². The Kier molecular flexibility index (Phi) is 4.55. The van der Waals surface area contributed by atoms with Gasteiger partial charge < -0.3 is 10.2 Å². The van der Waals surface area contributed by atoms with Crippen LogP contribution in [0.15, 0.2) is 30.6 Å². The van der Waals surface area contributed by atoms with Gasteiger partial charge in [-0.2, -0.15) is 0 Å². The second-order valence-corrected chi connectivity index (χ2v) is 6.08. The van der Waals surface area contributed by atoms with Crippen molar-refractivity contribution >= 4 is 17.4 Å². The van der Waals surface area contributed by atoms with Crippen molar-refractivity contribution in [2.24, 2.45) is 0 Å². The van der Waals surface area contributed by atoms with E-state index in [-0.39, 0.29) is 5.91 Å². The van der Waals surface area contributed by atoms with E-state index >= 15 is 0 Å². The molecule has 0 radical (unpaired) electrons. The maximum Gasteiger partial charge on any atom is 0.274 e. The molecule has 0 spiro atoms. The predicted molar refractivity (Wildman–Crippen MR) is 92.0 cm³/mol. The number of hydrogen-bond acceptors (Lipinski definition) is 4. The van der Waals surface area contributed by atoms with E-state index in [2.05, 4.69) is 20.2 Å². The number of aromatic nitrogens is 2. The highest BCUT2D eigenvalue weighted by Crippen LogP contribution is 2.20. The van der Waals surface area contributed by atoms with E-state index < -0.39 is 0 Å². The van der Waals surface area contributed by atoms with Gasteiger partial charge in [0.2, 0.25) is 0 Å². The Morgan fingerprint density at radius 3 is 2.65 bits per heavy atom. The Labute approximate surface area is 136 Å². The summed E-state index contributed by atoms with van der Waals surface area (Å²) in [6, 6.07) is 7.79. The van der Waals surface area contributed by atoms with Crippen molar-refractivity contribution in [2.45, 2.75) is 33.1 Å². The Morgan fingerprint density at radius 2 is 1.87 bits per heavy atom. The van der Waals surface area contributed by atoms with E-state index in [1.165, 1.54) is 25.6 Å². The molecule has 0 saturated carbocycles. The average molecular weight is 310 g/mol. The molecular weight excluding hydrogens is 288 g/mol. The van der Waals surface area contributed by atoms with Crippen LogP contribution in [0.5, 0.6) is 0 Å². The summed E-state index contributed by atoms with van der Waals surface area (Å²) in [7, 11) is 0. The van der Waals surface area contributed by atoms with Crippen molar-refractivity contribution in [3.05, 3.63) is 47.4 Å². The number of hydrogen-bond donors (Lipinski definition) is 1. The van der Waals surface area contributed by atoms with Crippen LogP contribution in [0.25, 0.3) is 0 Å². The highest BCUT2D eigenvalue weighted by Gasteiger charge is 2.15. The monoisotopic (exact) mass is 310 g/mol. The van der Waals surface area contributed by atoms with Crippen LogP contribution in [0.3, 0.4) is 0 Å². The molecule has 1 fully saturated rings. The molecule has 120 valence electrons. The van der Waals surface area contributed by atoms with Gasteiger partial charge in [0, 0.05) is 24.8 Å². The number of carbonyl (C=O) groups excluding carboxylic acids is 1. The summed E-state index contributed by atoms with van der Waals surface area (Å²) in [5, 5.41) is 2.95. The SMILES string of the molecule is Cc1ccc(C)c(NC(=O)c2cc(N3CCCCC3)ncn2)c1. The topological polar surface area (TPSA) is 58.1 Å². The molecule has 5 nitrogen and oxygen atoms in total. The summed E-state index contributed by atoms with van der Waals surface area (Å²) in [6.07, 6.45) is 5.09. The van der Waals surface area contributed by atoms with Crippen molar-refractivity contribution < 1.29 is 4.79 Å². The second-order valence-electron chi connectivity index (χ2n) is 6.08. The molecule has 1 saturated heterocycles. The second kappa shape index (κ2) is 6.77. The van der Waals surface area contributed by atoms with E-state index in [1.807, 2.05) is 32.0 Å². The Hall–Kier alpha value is -2.43. The first-order chi connectivity index (χ1) is 11.1. The lowest BCUT2D eigenvalue weighted by atomic mass is 10.1. The highest BCUT2D eigenvalue weighted by atomic mass is 16.1. The maximum atomic E-state index is 12.5. The van der Waals surface area contributed by atoms with Crippen LogP contribution in [0.4, 0.5) is 11.5 Å². The summed E-state index contributed by atoms with van der Waals surface area (Å²) in [5.74, 6) is 0.644. The number of aryl methyl sites for hydroxylation is 2. The maximum absolute atomic E-state index is 12.5. The molecule has 0 unspecified atom stereocenters. The Balaban J connectivity index is 1.78. The van der Waals surface area contributed by atoms with Crippen molar-refractivity contribution in [1.82, 2.24) is 9.97 Å². The third kappa shape index (κ3) is 3.67. The van der Waals surface area contributed by atoms with Crippen LogP contribution in [0, 0.1) is 13.8 Å². The summed E-state index contributed by atoms with van der Waals surface area (Å²) in [5.41, 5.74) is 3.38. The first-order valence-corrected chi connectivity index (χ1v) is 8.09. The predicted octanol–water partition coefficient (Wildman–Crippen LogP) is 3.34. The van der Waals surface area contributed by atoms with Gasteiger partial charge >= 0.3 is 0 Å². The van der Waals surface area contributed by atoms with Gasteiger partial charge in [0.05, 0.1) is 0 Å². The fraction of sp³-hybridized carbons (Fsp3) is 0.389. The van der Waals surface area contributed by atoms with Crippen molar-refractivity contribution in [3.63, 3.8) is 0 Å². The highest BCUT2D eigenvalue weighted by molar-refractivity contribution is 6.03. The molecule has 3 rings (SSSR count). The fourth-order valence-electron chi connectivity index (χ4n) is 2.82. The number of nitrogens with zero attached hydrogens (tertiary/aromatic N) is 3. The molecule has 0 aliphatic carbocycles. The van der Waals surface area contributed by atoms with Gasteiger partial charge in [0.1, 0.15) is 17.8 Å². The molecular formula is C18H22N4O. The van der Waals surface area contributed by atoms with E-state index in [9.17, 15) is 4.79 Å². The van der Waals surface area contributed by atoms with Gasteiger partial charge in [-0.15, -0.1) is 0 Å². The smallest absolute Gasteiger partial charge is 0.274 e. The number of piperidine rings is 1. The molecule has 1 aliphatic heterocycles. The van der Waals surface area contributed by atoms with Gasteiger partial charge in [0.25, 0.3) is 5.91 Å². The van der Waals surface area contributed by atoms with Gasteiger partial charge in [0.15, 0.2) is 0 Å². The third-order valence-corrected chi connectivity index (χ3v) is 4.21. The molecule has 5 heteroatoms. The number of carbonyl (C=O) groups is 1.